The summed E-state index contributed by atoms with van der Waals surface area (Å²) in [5.41, 5.74) is 10.7. The lowest BCUT2D eigenvalue weighted by molar-refractivity contribution is -0.136. The van der Waals surface area contributed by atoms with Crippen LogP contribution in [0, 0.1) is 6.92 Å². The predicted octanol–water partition coefficient (Wildman–Crippen LogP) is 2.73. The number of aryl methyl sites for hydroxylation is 1. The molecule has 20 heavy (non-hydrogen) atoms. The Morgan fingerprint density at radius 3 is 2.50 bits per heavy atom. The molecule has 0 saturated carbocycles. The normalized spacial score (nSPS) is 12.4. The van der Waals surface area contributed by atoms with E-state index in [0.29, 0.717) is 4.70 Å². The zero-order valence-corrected chi connectivity index (χ0v) is 10.9. The number of pyridine rings is 1. The predicted molar refractivity (Wildman–Crippen MR) is 71.3 cm³/mol. The second kappa shape index (κ2) is 3.92. The van der Waals surface area contributed by atoms with Gasteiger partial charge in [-0.1, -0.05) is 0 Å². The summed E-state index contributed by atoms with van der Waals surface area (Å²) in [5.74, 6) is -0.107. The van der Waals surface area contributed by atoms with E-state index >= 15 is 0 Å². The zero-order chi connectivity index (χ0) is 14.7. The molecule has 3 heterocycles. The molecule has 0 saturated heterocycles. The second-order valence-electron chi connectivity index (χ2n) is 4.24. The summed E-state index contributed by atoms with van der Waals surface area (Å²) in [4.78, 5) is 12.0. The first-order valence-corrected chi connectivity index (χ1v) is 6.29. The Bertz CT molecular complexity index is 840. The lowest BCUT2D eigenvalue weighted by Crippen LogP contribution is -2.07. The van der Waals surface area contributed by atoms with Crippen molar-refractivity contribution in [3.63, 3.8) is 0 Å². The summed E-state index contributed by atoms with van der Waals surface area (Å²) < 4.78 is 39.9. The van der Waals surface area contributed by atoms with Crippen LogP contribution in [-0.2, 0) is 6.18 Å². The molecule has 0 amide bonds. The highest BCUT2D eigenvalue weighted by Crippen LogP contribution is 2.42. The van der Waals surface area contributed by atoms with Gasteiger partial charge in [0.25, 0.3) is 0 Å². The van der Waals surface area contributed by atoms with Gasteiger partial charge in [0, 0.05) is 5.69 Å². The summed E-state index contributed by atoms with van der Waals surface area (Å²) in [6, 6.07) is 0.989. The maximum Gasteiger partial charge on any atom is 0.417 e. The van der Waals surface area contributed by atoms with Crippen molar-refractivity contribution >= 4 is 43.5 Å². The largest absolute Gasteiger partial charge is 0.417 e. The summed E-state index contributed by atoms with van der Waals surface area (Å²) in [5, 5.41) is -0.0797. The molecule has 0 aromatic carbocycles. The van der Waals surface area contributed by atoms with Crippen molar-refractivity contribution in [3.8, 4) is 0 Å². The van der Waals surface area contributed by atoms with Crippen molar-refractivity contribution < 1.29 is 13.2 Å². The number of hydrogen-bond acceptors (Lipinski definition) is 6. The Morgan fingerprint density at radius 1 is 1.15 bits per heavy atom. The highest BCUT2D eigenvalue weighted by Gasteiger charge is 2.35. The molecule has 4 N–H and O–H groups in total. The molecule has 9 heteroatoms. The number of thiophene rings is 1. The van der Waals surface area contributed by atoms with Crippen LogP contribution in [0.25, 0.3) is 20.4 Å². The maximum absolute atomic E-state index is 13.2. The number of halogens is 3. The van der Waals surface area contributed by atoms with Crippen LogP contribution in [0.3, 0.4) is 0 Å². The van der Waals surface area contributed by atoms with Gasteiger partial charge < -0.3 is 11.5 Å². The fraction of sp³-hybridized carbons (Fsp3) is 0.182. The van der Waals surface area contributed by atoms with Gasteiger partial charge in [-0.3, -0.25) is 0 Å². The van der Waals surface area contributed by atoms with Gasteiger partial charge in [0.1, 0.15) is 10.6 Å². The molecule has 0 atom stereocenters. The van der Waals surface area contributed by atoms with E-state index in [1.807, 2.05) is 0 Å². The number of alkyl halides is 3. The van der Waals surface area contributed by atoms with Gasteiger partial charge in [0.15, 0.2) is 0 Å². The Kier molecular flexibility index (Phi) is 2.52. The molecule has 0 aliphatic carbocycles. The molecule has 3 aromatic rings. The summed E-state index contributed by atoms with van der Waals surface area (Å²) >= 11 is 1.02. The van der Waals surface area contributed by atoms with Crippen LogP contribution in [0.4, 0.5) is 24.9 Å². The van der Waals surface area contributed by atoms with Gasteiger partial charge in [0.05, 0.1) is 21.2 Å². The first-order valence-electron chi connectivity index (χ1n) is 5.47. The molecule has 3 aromatic heterocycles. The van der Waals surface area contributed by atoms with Crippen molar-refractivity contribution in [1.82, 2.24) is 15.0 Å². The SMILES string of the molecule is Cc1cc(C(F)(F)F)c2c(n1)sc1c(N)nc(N)nc12. The average Bonchev–Trinajstić information content (AvgIpc) is 2.65. The molecule has 104 valence electrons. The third-order valence-corrected chi connectivity index (χ3v) is 3.86. The number of anilines is 2. The van der Waals surface area contributed by atoms with Crippen molar-refractivity contribution in [2.24, 2.45) is 0 Å². The zero-order valence-electron chi connectivity index (χ0n) is 10.1. The fourth-order valence-electron chi connectivity index (χ4n) is 2.02. The Hall–Kier alpha value is -2.16. The van der Waals surface area contributed by atoms with Crippen LogP contribution in [0.2, 0.25) is 0 Å². The van der Waals surface area contributed by atoms with Gasteiger partial charge in [0.2, 0.25) is 5.95 Å². The van der Waals surface area contributed by atoms with Gasteiger partial charge in [-0.25, -0.2) is 9.97 Å². The minimum absolute atomic E-state index is 0.0567. The topological polar surface area (TPSA) is 90.7 Å². The number of rotatable bonds is 0. The minimum Gasteiger partial charge on any atom is -0.382 e. The molecule has 0 aliphatic rings. The molecule has 0 aliphatic heterocycles. The van der Waals surface area contributed by atoms with Crippen LogP contribution in [0.15, 0.2) is 6.07 Å². The molecule has 5 nitrogen and oxygen atoms in total. The molecule has 0 spiro atoms. The molecular formula is C11H8F3N5S. The van der Waals surface area contributed by atoms with Gasteiger partial charge in [-0.15, -0.1) is 11.3 Å². The minimum atomic E-state index is -4.51. The van der Waals surface area contributed by atoms with E-state index in [-0.39, 0.29) is 33.2 Å². The highest BCUT2D eigenvalue weighted by molar-refractivity contribution is 7.26. The Morgan fingerprint density at radius 2 is 1.85 bits per heavy atom. The number of fused-ring (bicyclic) bond motifs is 3. The van der Waals surface area contributed by atoms with E-state index in [1.54, 1.807) is 0 Å². The molecule has 3 rings (SSSR count). The van der Waals surface area contributed by atoms with Crippen LogP contribution < -0.4 is 11.5 Å². The highest BCUT2D eigenvalue weighted by atomic mass is 32.1. The number of nitrogens with zero attached hydrogens (tertiary/aromatic N) is 3. The van der Waals surface area contributed by atoms with Crippen molar-refractivity contribution in [2.45, 2.75) is 13.1 Å². The molecule has 0 bridgehead atoms. The van der Waals surface area contributed by atoms with Crippen LogP contribution in [-0.4, -0.2) is 15.0 Å². The molecule has 0 radical (unpaired) electrons. The van der Waals surface area contributed by atoms with Gasteiger partial charge in [-0.05, 0) is 13.0 Å². The third kappa shape index (κ3) is 1.82. The maximum atomic E-state index is 13.2. The monoisotopic (exact) mass is 299 g/mol. The first kappa shape index (κ1) is 12.9. The molecule has 0 fully saturated rings. The van der Waals surface area contributed by atoms with E-state index in [2.05, 4.69) is 15.0 Å². The van der Waals surface area contributed by atoms with Crippen molar-refractivity contribution in [1.29, 1.82) is 0 Å². The summed E-state index contributed by atoms with van der Waals surface area (Å²) in [7, 11) is 0. The van der Waals surface area contributed by atoms with Crippen LogP contribution in [0.5, 0.6) is 0 Å². The quantitative estimate of drug-likeness (QED) is 0.666. The summed E-state index contributed by atoms with van der Waals surface area (Å²) in [6.45, 7) is 1.50. The lowest BCUT2D eigenvalue weighted by atomic mass is 10.1. The second-order valence-corrected chi connectivity index (χ2v) is 5.24. The average molecular weight is 299 g/mol. The van der Waals surface area contributed by atoms with E-state index < -0.39 is 11.7 Å². The standard InChI is InChI=1S/C11H8F3N5S/c1-3-2-4(11(12,13)14)5-6-7(20-9(5)17-3)8(15)19-10(16)18-6/h2H,1H3,(H4,15,16,18,19). The van der Waals surface area contributed by atoms with E-state index in [9.17, 15) is 13.2 Å². The lowest BCUT2D eigenvalue weighted by Gasteiger charge is -2.09. The van der Waals surface area contributed by atoms with Crippen LogP contribution in [0.1, 0.15) is 11.3 Å². The fourth-order valence-corrected chi connectivity index (χ4v) is 3.11. The third-order valence-electron chi connectivity index (χ3n) is 2.76. The van der Waals surface area contributed by atoms with E-state index in [1.165, 1.54) is 6.92 Å². The number of aromatic nitrogens is 3. The summed E-state index contributed by atoms with van der Waals surface area (Å²) in [6.07, 6.45) is -4.51. The van der Waals surface area contributed by atoms with Gasteiger partial charge in [-0.2, -0.15) is 18.2 Å². The molecule has 0 unspecified atom stereocenters. The number of nitrogens with two attached hydrogens (primary N) is 2. The van der Waals surface area contributed by atoms with E-state index in [4.69, 9.17) is 11.5 Å². The van der Waals surface area contributed by atoms with E-state index in [0.717, 1.165) is 17.4 Å². The van der Waals surface area contributed by atoms with Crippen molar-refractivity contribution in [2.75, 3.05) is 11.5 Å². The number of nitrogen functional groups attached to an aromatic ring is 2. The number of hydrogen-bond donors (Lipinski definition) is 2. The Balaban J connectivity index is 2.57. The smallest absolute Gasteiger partial charge is 0.382 e. The Labute approximate surface area is 114 Å². The van der Waals surface area contributed by atoms with Crippen molar-refractivity contribution in [3.05, 3.63) is 17.3 Å². The molecular weight excluding hydrogens is 291 g/mol. The first-order chi connectivity index (χ1) is 9.27. The van der Waals surface area contributed by atoms with Crippen LogP contribution >= 0.6 is 11.3 Å². The van der Waals surface area contributed by atoms with Gasteiger partial charge >= 0.3 is 6.18 Å².